The Bertz CT molecular complexity index is 1430. The maximum Gasteiger partial charge on any atom is 0.425 e. The Labute approximate surface area is 239 Å². The third-order valence-corrected chi connectivity index (χ3v) is 9.30. The summed E-state index contributed by atoms with van der Waals surface area (Å²) in [5.41, 5.74) is 7.13. The molecule has 9 heteroatoms. The number of hydrogen-bond acceptors (Lipinski definition) is 5. The summed E-state index contributed by atoms with van der Waals surface area (Å²) >= 11 is 3.58. The summed E-state index contributed by atoms with van der Waals surface area (Å²) in [7, 11) is 0. The molecule has 0 fully saturated rings. The van der Waals surface area contributed by atoms with Crippen LogP contribution in [0.25, 0.3) is 11.1 Å². The fourth-order valence-corrected chi connectivity index (χ4v) is 6.83. The topological polar surface area (TPSA) is 40.5 Å². The van der Waals surface area contributed by atoms with Crippen molar-refractivity contribution in [2.75, 3.05) is 5.75 Å². The van der Waals surface area contributed by atoms with Crippen LogP contribution in [0.2, 0.25) is 0 Å². The number of carboxylic acid groups (broad SMARTS) is 1. The lowest BCUT2D eigenvalue weighted by atomic mass is 10.0. The number of hydrogen-bond donors (Lipinski definition) is 1. The molecule has 0 aliphatic carbocycles. The fourth-order valence-electron chi connectivity index (χ4n) is 4.29. The third kappa shape index (κ3) is 8.14. The van der Waals surface area contributed by atoms with Crippen LogP contribution >= 0.6 is 35.0 Å². The van der Waals surface area contributed by atoms with Crippen molar-refractivity contribution in [1.29, 1.82) is 0 Å². The largest absolute Gasteiger partial charge is 0.481 e. The van der Waals surface area contributed by atoms with E-state index in [1.165, 1.54) is 23.4 Å². The lowest BCUT2D eigenvalue weighted by Crippen LogP contribution is -2.15. The Morgan fingerprint density at radius 2 is 1.56 bits per heavy atom. The van der Waals surface area contributed by atoms with Gasteiger partial charge >= 0.3 is 12.1 Å². The van der Waals surface area contributed by atoms with E-state index in [1.54, 1.807) is 17.3 Å². The average molecular weight is 588 g/mol. The number of aliphatic carboxylic acids is 1. The van der Waals surface area contributed by atoms with E-state index in [9.17, 15) is 18.0 Å². The predicted molar refractivity (Wildman–Crippen MR) is 155 cm³/mol. The molecule has 0 bridgehead atoms. The molecule has 39 heavy (non-hydrogen) atoms. The lowest BCUT2D eigenvalue weighted by molar-refractivity contribution is -0.135. The quantitative estimate of drug-likeness (QED) is 0.148. The van der Waals surface area contributed by atoms with Gasteiger partial charge in [-0.2, -0.15) is 13.2 Å². The molecule has 204 valence electrons. The summed E-state index contributed by atoms with van der Waals surface area (Å²) in [5.74, 6) is -0.852. The number of thiophene rings is 1. The highest BCUT2D eigenvalue weighted by Gasteiger charge is 2.32. The zero-order chi connectivity index (χ0) is 28.2. The van der Waals surface area contributed by atoms with Crippen LogP contribution in [0, 0.1) is 20.8 Å². The normalized spacial score (nSPS) is 11.8. The predicted octanol–water partition coefficient (Wildman–Crippen LogP) is 9.25. The van der Waals surface area contributed by atoms with Crippen molar-refractivity contribution in [3.8, 4) is 11.1 Å². The zero-order valence-electron chi connectivity index (χ0n) is 21.7. The third-order valence-electron chi connectivity index (χ3n) is 5.96. The standard InChI is InChI=1S/C30H28F3NO2S3/c1-19-11-20(2)29(21(3)12-19)39-34(16-23-13-27(38-17-23)30(31,32)33)15-22-7-9-24(10-8-22)25-5-4-6-26(14-25)37-18-28(35)36/h4-14,17H,15-16,18H2,1-3H3,(H,35,36). The Hall–Kier alpha value is -2.72. The molecule has 4 rings (SSSR count). The summed E-state index contributed by atoms with van der Waals surface area (Å²) in [6, 6.07) is 21.4. The first-order chi connectivity index (χ1) is 18.5. The van der Waals surface area contributed by atoms with Crippen LogP contribution < -0.4 is 0 Å². The van der Waals surface area contributed by atoms with Crippen LogP contribution in [0.15, 0.2) is 81.9 Å². The summed E-state index contributed by atoms with van der Waals surface area (Å²) < 4.78 is 41.8. The van der Waals surface area contributed by atoms with E-state index in [4.69, 9.17) is 5.11 Å². The highest BCUT2D eigenvalue weighted by Crippen LogP contribution is 2.37. The molecular weight excluding hydrogens is 560 g/mol. The Balaban J connectivity index is 1.56. The maximum atomic E-state index is 13.2. The summed E-state index contributed by atoms with van der Waals surface area (Å²) in [5, 5.41) is 10.5. The molecule has 3 nitrogen and oxygen atoms in total. The van der Waals surface area contributed by atoms with Gasteiger partial charge in [0.2, 0.25) is 0 Å². The van der Waals surface area contributed by atoms with Crippen LogP contribution in [-0.4, -0.2) is 21.1 Å². The Kier molecular flexibility index (Phi) is 9.48. The van der Waals surface area contributed by atoms with Crippen molar-refractivity contribution in [3.63, 3.8) is 0 Å². The van der Waals surface area contributed by atoms with Crippen molar-refractivity contribution in [1.82, 2.24) is 4.31 Å². The molecule has 0 radical (unpaired) electrons. The smallest absolute Gasteiger partial charge is 0.425 e. The molecule has 0 spiro atoms. The minimum absolute atomic E-state index is 0.00438. The first-order valence-electron chi connectivity index (χ1n) is 12.2. The first-order valence-corrected chi connectivity index (χ1v) is 14.8. The number of aryl methyl sites for hydroxylation is 3. The lowest BCUT2D eigenvalue weighted by Gasteiger charge is -2.23. The molecule has 0 amide bonds. The minimum Gasteiger partial charge on any atom is -0.481 e. The van der Waals surface area contributed by atoms with Gasteiger partial charge in [0.25, 0.3) is 0 Å². The van der Waals surface area contributed by atoms with Gasteiger partial charge in [0.15, 0.2) is 0 Å². The van der Waals surface area contributed by atoms with E-state index in [1.807, 2.05) is 48.5 Å². The summed E-state index contributed by atoms with van der Waals surface area (Å²) in [4.78, 5) is 12.3. The molecule has 1 aromatic heterocycles. The number of halogens is 3. The average Bonchev–Trinajstić information content (AvgIpc) is 3.35. The van der Waals surface area contributed by atoms with E-state index < -0.39 is 17.0 Å². The van der Waals surface area contributed by atoms with Crippen molar-refractivity contribution >= 4 is 41.0 Å². The minimum atomic E-state index is -4.34. The van der Waals surface area contributed by atoms with Crippen molar-refractivity contribution in [2.24, 2.45) is 0 Å². The van der Waals surface area contributed by atoms with Crippen LogP contribution in [-0.2, 0) is 24.1 Å². The van der Waals surface area contributed by atoms with Gasteiger partial charge in [-0.15, -0.1) is 23.1 Å². The van der Waals surface area contributed by atoms with Crippen LogP contribution in [0.1, 0.15) is 32.7 Å². The van der Waals surface area contributed by atoms with E-state index in [0.29, 0.717) is 18.7 Å². The Morgan fingerprint density at radius 3 is 2.18 bits per heavy atom. The van der Waals surface area contributed by atoms with E-state index in [0.717, 1.165) is 48.9 Å². The molecule has 0 saturated carbocycles. The van der Waals surface area contributed by atoms with Crippen molar-refractivity contribution in [3.05, 3.63) is 105 Å². The molecule has 0 unspecified atom stereocenters. The fraction of sp³-hybridized carbons (Fsp3) is 0.233. The summed E-state index contributed by atoms with van der Waals surface area (Å²) in [6.07, 6.45) is -4.34. The molecular formula is C30H28F3NO2S3. The van der Waals surface area contributed by atoms with E-state index in [-0.39, 0.29) is 5.75 Å². The Morgan fingerprint density at radius 1 is 0.897 bits per heavy atom. The van der Waals surface area contributed by atoms with Gasteiger partial charge in [0.05, 0.1) is 5.75 Å². The molecule has 0 aliphatic heterocycles. The van der Waals surface area contributed by atoms with Gasteiger partial charge in [-0.25, -0.2) is 4.31 Å². The zero-order valence-corrected chi connectivity index (χ0v) is 24.2. The van der Waals surface area contributed by atoms with E-state index >= 15 is 0 Å². The number of benzene rings is 3. The molecule has 1 N–H and O–H groups in total. The second kappa shape index (κ2) is 12.6. The van der Waals surface area contributed by atoms with Crippen molar-refractivity contribution in [2.45, 2.75) is 49.8 Å². The molecule has 3 aromatic carbocycles. The number of carbonyl (C=O) groups is 1. The molecule has 4 aromatic rings. The highest BCUT2D eigenvalue weighted by molar-refractivity contribution is 8.00. The number of thioether (sulfide) groups is 1. The second-order valence-electron chi connectivity index (χ2n) is 9.34. The first kappa shape index (κ1) is 29.3. The van der Waals surface area contributed by atoms with Crippen LogP contribution in [0.5, 0.6) is 0 Å². The number of alkyl halides is 3. The highest BCUT2D eigenvalue weighted by atomic mass is 32.2. The van der Waals surface area contributed by atoms with Gasteiger partial charge < -0.3 is 5.11 Å². The monoisotopic (exact) mass is 587 g/mol. The SMILES string of the molecule is Cc1cc(C)c(SN(Cc2ccc(-c3cccc(SCC(=O)O)c3)cc2)Cc2csc(C(F)(F)F)c2)c(C)c1. The van der Waals surface area contributed by atoms with Gasteiger partial charge in [0.1, 0.15) is 4.88 Å². The summed E-state index contributed by atoms with van der Waals surface area (Å²) in [6.45, 7) is 7.09. The van der Waals surface area contributed by atoms with Gasteiger partial charge in [0, 0.05) is 22.9 Å². The van der Waals surface area contributed by atoms with Crippen LogP contribution in [0.3, 0.4) is 0 Å². The maximum absolute atomic E-state index is 13.2. The molecule has 0 saturated heterocycles. The molecule has 0 aliphatic rings. The number of rotatable bonds is 10. The van der Waals surface area contributed by atoms with Crippen LogP contribution in [0.4, 0.5) is 13.2 Å². The van der Waals surface area contributed by atoms with Gasteiger partial charge in [-0.3, -0.25) is 4.79 Å². The molecule has 0 atom stereocenters. The van der Waals surface area contributed by atoms with Gasteiger partial charge in [-0.1, -0.05) is 54.1 Å². The van der Waals surface area contributed by atoms with Crippen molar-refractivity contribution < 1.29 is 23.1 Å². The second-order valence-corrected chi connectivity index (χ2v) is 12.4. The number of nitrogens with zero attached hydrogens (tertiary/aromatic N) is 1. The molecule has 1 heterocycles. The number of carboxylic acids is 1. The van der Waals surface area contributed by atoms with E-state index in [2.05, 4.69) is 37.2 Å². The van der Waals surface area contributed by atoms with Gasteiger partial charge in [-0.05, 0) is 89.7 Å².